The first-order chi connectivity index (χ1) is 15.0. The Labute approximate surface area is 194 Å². The maximum Gasteiger partial charge on any atom is 0.230 e. The number of hydrogen-bond donors (Lipinski definition) is 2. The molecule has 0 fully saturated rings. The summed E-state index contributed by atoms with van der Waals surface area (Å²) in [5.41, 5.74) is 2.13. The van der Waals surface area contributed by atoms with Crippen LogP contribution in [0.2, 0.25) is 0 Å². The molecule has 2 amide bonds. The number of thioether (sulfide) groups is 2. The predicted molar refractivity (Wildman–Crippen MR) is 127 cm³/mol. The Morgan fingerprint density at radius 1 is 0.774 bits per heavy atom. The van der Waals surface area contributed by atoms with Crippen molar-refractivity contribution < 1.29 is 9.59 Å². The zero-order valence-corrected chi connectivity index (χ0v) is 19.7. The molecule has 2 N–H and O–H groups in total. The third kappa shape index (κ3) is 7.68. The van der Waals surface area contributed by atoms with Crippen LogP contribution in [0.5, 0.6) is 0 Å². The molecule has 0 aliphatic heterocycles. The highest BCUT2D eigenvalue weighted by Gasteiger charge is 2.14. The number of benzene rings is 2. The van der Waals surface area contributed by atoms with E-state index in [9.17, 15) is 9.59 Å². The van der Waals surface area contributed by atoms with E-state index in [1.165, 1.54) is 34.9 Å². The fourth-order valence-electron chi connectivity index (χ4n) is 2.78. The number of nitrogens with zero attached hydrogens (tertiary/aromatic N) is 2. The van der Waals surface area contributed by atoms with Gasteiger partial charge in [-0.1, -0.05) is 95.5 Å². The standard InChI is InChI=1S/C22H24N4O2S3/c1-15(17-9-5-3-6-10-17)23-19(27)13-29-21-25-26-22(31-21)30-14-20(28)24-16(2)18-11-7-4-8-12-18/h3-12,15-16H,13-14H2,1-2H3,(H,23,27)(H,24,28)/t15-,16+. The van der Waals surface area contributed by atoms with Crippen molar-refractivity contribution in [3.8, 4) is 0 Å². The summed E-state index contributed by atoms with van der Waals surface area (Å²) in [7, 11) is 0. The van der Waals surface area contributed by atoms with E-state index in [-0.39, 0.29) is 35.4 Å². The molecule has 6 nitrogen and oxygen atoms in total. The number of carbonyl (C=O) groups is 2. The SMILES string of the molecule is C[C@H](NC(=O)CSc1nnc(SCC(=O)N[C@H](C)c2ccccc2)s1)c1ccccc1. The van der Waals surface area contributed by atoms with E-state index in [2.05, 4.69) is 20.8 Å². The molecule has 162 valence electrons. The Morgan fingerprint density at radius 2 is 1.16 bits per heavy atom. The average molecular weight is 473 g/mol. The van der Waals surface area contributed by atoms with E-state index >= 15 is 0 Å². The summed E-state index contributed by atoms with van der Waals surface area (Å²) in [6, 6.07) is 19.6. The second-order valence-electron chi connectivity index (χ2n) is 6.81. The van der Waals surface area contributed by atoms with E-state index < -0.39 is 0 Å². The number of rotatable bonds is 10. The summed E-state index contributed by atoms with van der Waals surface area (Å²) in [5.74, 6) is 0.428. The van der Waals surface area contributed by atoms with Crippen molar-refractivity contribution in [3.63, 3.8) is 0 Å². The third-order valence-corrected chi connectivity index (χ3v) is 7.59. The van der Waals surface area contributed by atoms with Crippen LogP contribution in [0.15, 0.2) is 69.3 Å². The quantitative estimate of drug-likeness (QED) is 0.424. The first-order valence-electron chi connectivity index (χ1n) is 9.79. The van der Waals surface area contributed by atoms with Crippen LogP contribution in [-0.2, 0) is 9.59 Å². The fourth-order valence-corrected chi connectivity index (χ4v) is 5.43. The second-order valence-corrected chi connectivity index (χ2v) is 10.2. The van der Waals surface area contributed by atoms with Crippen molar-refractivity contribution in [2.24, 2.45) is 0 Å². The summed E-state index contributed by atoms with van der Waals surface area (Å²) in [6.07, 6.45) is 0. The molecule has 0 unspecified atom stereocenters. The van der Waals surface area contributed by atoms with E-state index in [1.807, 2.05) is 74.5 Å². The molecule has 1 heterocycles. The number of carbonyl (C=O) groups excluding carboxylic acids is 2. The normalized spacial score (nSPS) is 12.7. The number of amides is 2. The topological polar surface area (TPSA) is 84.0 Å². The lowest BCUT2D eigenvalue weighted by Crippen LogP contribution is -2.28. The molecule has 0 saturated carbocycles. The summed E-state index contributed by atoms with van der Waals surface area (Å²) >= 11 is 4.09. The molecular weight excluding hydrogens is 448 g/mol. The van der Waals surface area contributed by atoms with Crippen molar-refractivity contribution in [2.75, 3.05) is 11.5 Å². The summed E-state index contributed by atoms with van der Waals surface area (Å²) in [4.78, 5) is 24.4. The molecule has 0 bridgehead atoms. The van der Waals surface area contributed by atoms with Gasteiger partial charge in [-0.25, -0.2) is 0 Å². The molecule has 2 aromatic carbocycles. The molecule has 9 heteroatoms. The van der Waals surface area contributed by atoms with Crippen LogP contribution in [0.4, 0.5) is 0 Å². The Bertz CT molecular complexity index is 905. The van der Waals surface area contributed by atoms with E-state index in [1.54, 1.807) is 0 Å². The van der Waals surface area contributed by atoms with E-state index in [0.717, 1.165) is 11.1 Å². The Balaban J connectivity index is 1.39. The highest BCUT2D eigenvalue weighted by molar-refractivity contribution is 8.03. The molecule has 0 aliphatic carbocycles. The minimum atomic E-state index is -0.0555. The van der Waals surface area contributed by atoms with Gasteiger partial charge in [-0.3, -0.25) is 9.59 Å². The molecule has 3 rings (SSSR count). The third-order valence-electron chi connectivity index (χ3n) is 4.40. The summed E-state index contributed by atoms with van der Waals surface area (Å²) in [6.45, 7) is 3.92. The molecule has 0 saturated heterocycles. The highest BCUT2D eigenvalue weighted by atomic mass is 32.2. The molecule has 0 spiro atoms. The maximum absolute atomic E-state index is 12.2. The summed E-state index contributed by atoms with van der Waals surface area (Å²) < 4.78 is 1.42. The van der Waals surface area contributed by atoms with Gasteiger partial charge in [0.15, 0.2) is 8.68 Å². The molecule has 3 aromatic rings. The van der Waals surface area contributed by atoms with Gasteiger partial charge >= 0.3 is 0 Å². The van der Waals surface area contributed by atoms with Crippen LogP contribution < -0.4 is 10.6 Å². The van der Waals surface area contributed by atoms with Gasteiger partial charge in [-0.05, 0) is 25.0 Å². The monoisotopic (exact) mass is 472 g/mol. The molecule has 0 aliphatic rings. The van der Waals surface area contributed by atoms with Gasteiger partial charge in [0.2, 0.25) is 11.8 Å². The lowest BCUT2D eigenvalue weighted by atomic mass is 10.1. The average Bonchev–Trinajstić information content (AvgIpc) is 3.25. The molecular formula is C22H24N4O2S3. The van der Waals surface area contributed by atoms with Crippen LogP contribution in [-0.4, -0.2) is 33.5 Å². The van der Waals surface area contributed by atoms with Gasteiger partial charge in [-0.15, -0.1) is 10.2 Å². The van der Waals surface area contributed by atoms with Crippen molar-refractivity contribution in [1.82, 2.24) is 20.8 Å². The summed E-state index contributed by atoms with van der Waals surface area (Å²) in [5, 5.41) is 14.2. The zero-order valence-electron chi connectivity index (χ0n) is 17.3. The van der Waals surface area contributed by atoms with Crippen LogP contribution >= 0.6 is 34.9 Å². The van der Waals surface area contributed by atoms with Gasteiger partial charge in [-0.2, -0.15) is 0 Å². The smallest absolute Gasteiger partial charge is 0.230 e. The van der Waals surface area contributed by atoms with Crippen molar-refractivity contribution in [3.05, 3.63) is 71.8 Å². The molecule has 0 radical (unpaired) electrons. The van der Waals surface area contributed by atoms with Crippen molar-refractivity contribution in [2.45, 2.75) is 34.6 Å². The number of aromatic nitrogens is 2. The Kier molecular flexibility index (Phi) is 8.93. The molecule has 31 heavy (non-hydrogen) atoms. The first kappa shape index (κ1) is 23.3. The van der Waals surface area contributed by atoms with E-state index in [0.29, 0.717) is 8.68 Å². The Morgan fingerprint density at radius 3 is 1.55 bits per heavy atom. The lowest BCUT2D eigenvalue weighted by molar-refractivity contribution is -0.120. The lowest BCUT2D eigenvalue weighted by Gasteiger charge is -2.13. The second kappa shape index (κ2) is 11.9. The minimum absolute atomic E-state index is 0.0494. The Hall–Kier alpha value is -2.36. The van der Waals surface area contributed by atoms with Crippen LogP contribution in [0.25, 0.3) is 0 Å². The molecule has 2 atom stereocenters. The maximum atomic E-state index is 12.2. The molecule has 1 aromatic heterocycles. The zero-order chi connectivity index (χ0) is 22.1. The highest BCUT2D eigenvalue weighted by Crippen LogP contribution is 2.28. The fraction of sp³-hybridized carbons (Fsp3) is 0.273. The van der Waals surface area contributed by atoms with Crippen molar-refractivity contribution >= 4 is 46.7 Å². The van der Waals surface area contributed by atoms with Crippen LogP contribution in [0.3, 0.4) is 0 Å². The number of nitrogens with one attached hydrogen (secondary N) is 2. The largest absolute Gasteiger partial charge is 0.349 e. The first-order valence-corrected chi connectivity index (χ1v) is 12.6. The van der Waals surface area contributed by atoms with Gasteiger partial charge in [0.05, 0.1) is 23.6 Å². The predicted octanol–water partition coefficient (Wildman–Crippen LogP) is 4.48. The van der Waals surface area contributed by atoms with Crippen LogP contribution in [0, 0.1) is 0 Å². The van der Waals surface area contributed by atoms with Gasteiger partial charge in [0.1, 0.15) is 0 Å². The van der Waals surface area contributed by atoms with E-state index in [4.69, 9.17) is 0 Å². The number of hydrogen-bond acceptors (Lipinski definition) is 7. The van der Waals surface area contributed by atoms with Gasteiger partial charge in [0, 0.05) is 0 Å². The minimum Gasteiger partial charge on any atom is -0.349 e. The van der Waals surface area contributed by atoms with Crippen LogP contribution in [0.1, 0.15) is 37.1 Å². The van der Waals surface area contributed by atoms with Gasteiger partial charge < -0.3 is 10.6 Å². The van der Waals surface area contributed by atoms with Gasteiger partial charge in [0.25, 0.3) is 0 Å². The van der Waals surface area contributed by atoms with Crippen molar-refractivity contribution in [1.29, 1.82) is 0 Å².